The van der Waals surface area contributed by atoms with E-state index >= 15 is 0 Å². The zero-order chi connectivity index (χ0) is 16.9. The maximum absolute atomic E-state index is 5.47. The third-order valence-corrected chi connectivity index (χ3v) is 9.84. The van der Waals surface area contributed by atoms with Gasteiger partial charge in [0.25, 0.3) is 0 Å². The second-order valence-corrected chi connectivity index (χ2v) is 11.8. The van der Waals surface area contributed by atoms with Crippen molar-refractivity contribution in [1.82, 2.24) is 5.32 Å². The van der Waals surface area contributed by atoms with E-state index in [1.807, 2.05) is 0 Å². The Kier molecular flexibility index (Phi) is 2.87. The van der Waals surface area contributed by atoms with E-state index in [9.17, 15) is 0 Å². The molecule has 26 heavy (non-hydrogen) atoms. The summed E-state index contributed by atoms with van der Waals surface area (Å²) in [6.07, 6.45) is 19.8. The van der Waals surface area contributed by atoms with Gasteiger partial charge in [-0.05, 0) is 113 Å². The number of nitrogens with one attached hydrogen (secondary N) is 1. The Morgan fingerprint density at radius 3 is 1.65 bits per heavy atom. The van der Waals surface area contributed by atoms with Gasteiger partial charge in [-0.1, -0.05) is 0 Å². The third kappa shape index (κ3) is 2.01. The van der Waals surface area contributed by atoms with Gasteiger partial charge in [0.2, 0.25) is 0 Å². The van der Waals surface area contributed by atoms with Crippen molar-refractivity contribution >= 4 is 12.2 Å². The van der Waals surface area contributed by atoms with E-state index < -0.39 is 0 Å². The highest BCUT2D eigenvalue weighted by molar-refractivity contribution is 5.97. The normalized spacial score (nSPS) is 58.8. The fourth-order valence-corrected chi connectivity index (χ4v) is 9.84. The van der Waals surface area contributed by atoms with E-state index in [2.05, 4.69) is 11.7 Å². The summed E-state index contributed by atoms with van der Waals surface area (Å²) in [5.74, 6) is 7.30. The molecule has 8 saturated carbocycles. The van der Waals surface area contributed by atoms with E-state index in [-0.39, 0.29) is 6.17 Å². The van der Waals surface area contributed by atoms with Crippen LogP contribution in [0.1, 0.15) is 77.0 Å². The maximum atomic E-state index is 5.47. The lowest BCUT2D eigenvalue weighted by Gasteiger charge is -2.59. The zero-order valence-electron chi connectivity index (χ0n) is 16.0. The average molecular weight is 352 g/mol. The van der Waals surface area contributed by atoms with E-state index in [0.29, 0.717) is 10.8 Å². The average Bonchev–Trinajstić information content (AvgIpc) is 2.60. The number of amidine groups is 1. The summed E-state index contributed by atoms with van der Waals surface area (Å²) in [6, 6.07) is 0. The zero-order valence-corrected chi connectivity index (χ0v) is 16.0. The highest BCUT2D eigenvalue weighted by Crippen LogP contribution is 2.63. The molecule has 3 heteroatoms. The number of nitrogens with zero attached hydrogens (tertiary/aromatic N) is 2. The molecule has 0 saturated heterocycles. The number of aliphatic imine (C=N–C) groups is 2. The summed E-state index contributed by atoms with van der Waals surface area (Å²) in [5.41, 5.74) is 0.808. The van der Waals surface area contributed by atoms with Gasteiger partial charge in [0.1, 0.15) is 12.0 Å². The molecule has 0 spiro atoms. The van der Waals surface area contributed by atoms with Crippen LogP contribution in [0.15, 0.2) is 9.98 Å². The topological polar surface area (TPSA) is 36.8 Å². The van der Waals surface area contributed by atoms with Crippen molar-refractivity contribution in [2.24, 2.45) is 56.3 Å². The first kappa shape index (κ1) is 15.1. The Bertz CT molecular complexity index is 619. The first-order valence-electron chi connectivity index (χ1n) is 11.5. The van der Waals surface area contributed by atoms with Crippen LogP contribution in [0.5, 0.6) is 0 Å². The van der Waals surface area contributed by atoms with Crippen LogP contribution in [0.3, 0.4) is 0 Å². The van der Waals surface area contributed by atoms with Crippen molar-refractivity contribution in [1.29, 1.82) is 0 Å². The van der Waals surface area contributed by atoms with Crippen LogP contribution in [0.25, 0.3) is 0 Å². The molecule has 0 aromatic heterocycles. The van der Waals surface area contributed by atoms with Gasteiger partial charge in [-0.25, -0.2) is 9.98 Å². The lowest BCUT2D eigenvalue weighted by Crippen LogP contribution is -2.56. The first-order valence-corrected chi connectivity index (χ1v) is 11.5. The standard InChI is InChI=1S/C23H33N3/c1-14-2-16-3-15(1)8-22(7-14,9-16)20-24-13-25-21(26-20)23-10-17-4-18(11-23)6-19(5-17)12-23/h13-20H,1-12H2,(H,24,25,26). The Morgan fingerprint density at radius 1 is 0.692 bits per heavy atom. The molecular weight excluding hydrogens is 318 g/mol. The van der Waals surface area contributed by atoms with Gasteiger partial charge < -0.3 is 5.32 Å². The van der Waals surface area contributed by atoms with Gasteiger partial charge in [0.15, 0.2) is 0 Å². The first-order chi connectivity index (χ1) is 12.7. The molecule has 140 valence electrons. The van der Waals surface area contributed by atoms with Crippen molar-refractivity contribution in [3.63, 3.8) is 0 Å². The van der Waals surface area contributed by atoms with Crippen LogP contribution in [0.4, 0.5) is 0 Å². The van der Waals surface area contributed by atoms with Gasteiger partial charge in [-0.15, -0.1) is 0 Å². The minimum atomic E-state index is 0.236. The Labute approximate surface area is 157 Å². The van der Waals surface area contributed by atoms with Crippen LogP contribution in [-0.2, 0) is 0 Å². The molecule has 0 aromatic rings. The summed E-state index contributed by atoms with van der Waals surface area (Å²) in [6.45, 7) is 0. The minimum Gasteiger partial charge on any atom is -0.335 e. The molecule has 1 atom stereocenters. The quantitative estimate of drug-likeness (QED) is 0.764. The molecule has 9 rings (SSSR count). The van der Waals surface area contributed by atoms with E-state index in [4.69, 9.17) is 9.98 Å². The number of hydrogen-bond donors (Lipinski definition) is 1. The highest BCUT2D eigenvalue weighted by Gasteiger charge is 2.57. The van der Waals surface area contributed by atoms with Crippen molar-refractivity contribution in [2.45, 2.75) is 83.2 Å². The molecule has 1 N–H and O–H groups in total. The molecule has 1 heterocycles. The van der Waals surface area contributed by atoms with Crippen LogP contribution < -0.4 is 5.32 Å². The summed E-state index contributed by atoms with van der Waals surface area (Å²) in [5, 5.41) is 3.60. The van der Waals surface area contributed by atoms with Crippen LogP contribution >= 0.6 is 0 Å². The van der Waals surface area contributed by atoms with Crippen LogP contribution in [-0.4, -0.2) is 18.3 Å². The van der Waals surface area contributed by atoms with Gasteiger partial charge in [0.05, 0.1) is 6.34 Å². The Hall–Kier alpha value is -0.860. The molecule has 8 bridgehead atoms. The maximum Gasteiger partial charge on any atom is 0.148 e. The fraction of sp³-hybridized carbons (Fsp3) is 0.913. The van der Waals surface area contributed by atoms with E-state index in [1.165, 1.54) is 82.9 Å². The Morgan fingerprint density at radius 2 is 1.15 bits per heavy atom. The van der Waals surface area contributed by atoms with Crippen molar-refractivity contribution in [3.05, 3.63) is 0 Å². The molecule has 1 aliphatic heterocycles. The van der Waals surface area contributed by atoms with Crippen LogP contribution in [0.2, 0.25) is 0 Å². The predicted octanol–water partition coefficient (Wildman–Crippen LogP) is 4.78. The third-order valence-electron chi connectivity index (χ3n) is 9.84. The van der Waals surface area contributed by atoms with E-state index in [0.717, 1.165) is 35.5 Å². The molecule has 8 fully saturated rings. The molecule has 0 aromatic carbocycles. The summed E-state index contributed by atoms with van der Waals surface area (Å²) >= 11 is 0. The number of hydrogen-bond acceptors (Lipinski definition) is 3. The van der Waals surface area contributed by atoms with Crippen LogP contribution in [0, 0.1) is 46.3 Å². The molecule has 8 aliphatic carbocycles. The van der Waals surface area contributed by atoms with Crippen molar-refractivity contribution < 1.29 is 0 Å². The van der Waals surface area contributed by atoms with Gasteiger partial charge in [0, 0.05) is 10.8 Å². The second-order valence-electron chi connectivity index (χ2n) is 11.8. The predicted molar refractivity (Wildman–Crippen MR) is 104 cm³/mol. The minimum absolute atomic E-state index is 0.236. The molecule has 3 nitrogen and oxygen atoms in total. The second kappa shape index (κ2) is 4.94. The lowest BCUT2D eigenvalue weighted by molar-refractivity contribution is -0.0658. The molecule has 9 aliphatic rings. The fourth-order valence-electron chi connectivity index (χ4n) is 9.84. The largest absolute Gasteiger partial charge is 0.335 e. The lowest BCUT2D eigenvalue weighted by atomic mass is 9.48. The van der Waals surface area contributed by atoms with Crippen molar-refractivity contribution in [2.75, 3.05) is 0 Å². The summed E-state index contributed by atoms with van der Waals surface area (Å²) in [7, 11) is 0. The van der Waals surface area contributed by atoms with Gasteiger partial charge in [-0.2, -0.15) is 0 Å². The molecular formula is C23H33N3. The van der Waals surface area contributed by atoms with Gasteiger partial charge in [-0.3, -0.25) is 0 Å². The number of rotatable bonds is 2. The molecule has 0 radical (unpaired) electrons. The highest BCUT2D eigenvalue weighted by atomic mass is 15.2. The SMILES string of the molecule is C1=NC(C23CC4CC(CC(C4)C2)C3)N=C(C23CC4CC(CC(C4)C2)C3)N1. The Balaban J connectivity index is 1.23. The summed E-state index contributed by atoms with van der Waals surface area (Å²) in [4.78, 5) is 10.4. The summed E-state index contributed by atoms with van der Waals surface area (Å²) < 4.78 is 0. The van der Waals surface area contributed by atoms with E-state index in [1.54, 1.807) is 0 Å². The smallest absolute Gasteiger partial charge is 0.148 e. The van der Waals surface area contributed by atoms with Gasteiger partial charge >= 0.3 is 0 Å². The van der Waals surface area contributed by atoms with Crippen molar-refractivity contribution in [3.8, 4) is 0 Å². The molecule has 0 amide bonds. The molecule has 1 unspecified atom stereocenters. The monoisotopic (exact) mass is 351 g/mol.